The second-order valence-corrected chi connectivity index (χ2v) is 11.9. The standard InChI is InChI=1S/C28H28Cl2N2O6S/c29-22-10-7-21(25(30)17-22)18-31-27(34)28(13-16-39(35,36)24-5-2-1-3-6-24)19-38-26(32-28)20-8-11-23(12-9-20)37-15-4-14-33/h1-3,5-12,17,33H,4,13-16,18-19H2,(H,31,34)/t28-/m1/s1. The van der Waals surface area contributed by atoms with E-state index < -0.39 is 21.3 Å². The second-order valence-electron chi connectivity index (χ2n) is 8.99. The lowest BCUT2D eigenvalue weighted by atomic mass is 9.97. The van der Waals surface area contributed by atoms with Crippen molar-refractivity contribution in [3.05, 3.63) is 94.0 Å². The zero-order chi connectivity index (χ0) is 27.9. The topological polar surface area (TPSA) is 114 Å². The Morgan fingerprint density at radius 3 is 2.51 bits per heavy atom. The predicted molar refractivity (Wildman–Crippen MR) is 150 cm³/mol. The number of hydrogen-bond donors (Lipinski definition) is 2. The van der Waals surface area contributed by atoms with Gasteiger partial charge in [0.15, 0.2) is 15.4 Å². The molecule has 1 heterocycles. The largest absolute Gasteiger partial charge is 0.494 e. The van der Waals surface area contributed by atoms with Crippen LogP contribution in [0.15, 0.2) is 82.7 Å². The Bertz CT molecular complexity index is 1430. The van der Waals surface area contributed by atoms with Crippen LogP contribution in [0.1, 0.15) is 24.0 Å². The normalized spacial score (nSPS) is 16.8. The van der Waals surface area contributed by atoms with Crippen molar-refractivity contribution in [1.82, 2.24) is 5.32 Å². The molecule has 3 aromatic carbocycles. The average molecular weight is 592 g/mol. The number of amides is 1. The highest BCUT2D eigenvalue weighted by Crippen LogP contribution is 2.29. The number of carbonyl (C=O) groups excluding carboxylic acids is 1. The van der Waals surface area contributed by atoms with E-state index in [1.165, 1.54) is 12.1 Å². The zero-order valence-electron chi connectivity index (χ0n) is 21.0. The Morgan fingerprint density at radius 1 is 1.08 bits per heavy atom. The Morgan fingerprint density at radius 2 is 1.82 bits per heavy atom. The summed E-state index contributed by atoms with van der Waals surface area (Å²) in [5.41, 5.74) is -0.195. The third-order valence-corrected chi connectivity index (χ3v) is 8.52. The van der Waals surface area contributed by atoms with Crippen molar-refractivity contribution in [3.63, 3.8) is 0 Å². The molecule has 0 aliphatic carbocycles. The van der Waals surface area contributed by atoms with Gasteiger partial charge in [-0.3, -0.25) is 4.79 Å². The molecule has 1 amide bonds. The van der Waals surface area contributed by atoms with Crippen molar-refractivity contribution >= 4 is 44.8 Å². The van der Waals surface area contributed by atoms with E-state index in [4.69, 9.17) is 37.8 Å². The first-order chi connectivity index (χ1) is 18.7. The number of benzene rings is 3. The van der Waals surface area contributed by atoms with E-state index in [2.05, 4.69) is 10.3 Å². The summed E-state index contributed by atoms with van der Waals surface area (Å²) in [4.78, 5) is 18.4. The fraction of sp³-hybridized carbons (Fsp3) is 0.286. The summed E-state index contributed by atoms with van der Waals surface area (Å²) >= 11 is 12.2. The van der Waals surface area contributed by atoms with Crippen molar-refractivity contribution in [2.24, 2.45) is 4.99 Å². The molecule has 0 radical (unpaired) electrons. The lowest BCUT2D eigenvalue weighted by molar-refractivity contribution is -0.126. The molecule has 1 aliphatic rings. The molecule has 2 N–H and O–H groups in total. The Balaban J connectivity index is 1.56. The van der Waals surface area contributed by atoms with Gasteiger partial charge in [-0.1, -0.05) is 47.5 Å². The van der Waals surface area contributed by atoms with Crippen LogP contribution in [-0.4, -0.2) is 56.4 Å². The van der Waals surface area contributed by atoms with Crippen molar-refractivity contribution in [3.8, 4) is 5.75 Å². The molecule has 11 heteroatoms. The number of rotatable bonds is 12. The first kappa shape index (κ1) is 28.9. The SMILES string of the molecule is O=C(NCc1ccc(Cl)cc1Cl)[C@@]1(CCS(=O)(=O)c2ccccc2)COC(c2ccc(OCCCO)cc2)=N1. The van der Waals surface area contributed by atoms with Gasteiger partial charge in [0.25, 0.3) is 5.91 Å². The number of ether oxygens (including phenoxy) is 2. The fourth-order valence-corrected chi connectivity index (χ4v) is 5.84. The highest BCUT2D eigenvalue weighted by Gasteiger charge is 2.45. The number of hydrogen-bond acceptors (Lipinski definition) is 7. The quantitative estimate of drug-likeness (QED) is 0.301. The average Bonchev–Trinajstić information content (AvgIpc) is 3.38. The number of aliphatic hydroxyl groups excluding tert-OH is 1. The van der Waals surface area contributed by atoms with Gasteiger partial charge >= 0.3 is 0 Å². The maximum atomic E-state index is 13.5. The molecular weight excluding hydrogens is 563 g/mol. The maximum absolute atomic E-state index is 13.5. The molecule has 39 heavy (non-hydrogen) atoms. The van der Waals surface area contributed by atoms with E-state index in [1.54, 1.807) is 60.7 Å². The van der Waals surface area contributed by atoms with Crippen LogP contribution in [0.4, 0.5) is 0 Å². The minimum Gasteiger partial charge on any atom is -0.494 e. The summed E-state index contributed by atoms with van der Waals surface area (Å²) in [6, 6.07) is 20.0. The lowest BCUT2D eigenvalue weighted by Crippen LogP contribution is -2.47. The third kappa shape index (κ3) is 7.30. The summed E-state index contributed by atoms with van der Waals surface area (Å²) < 4.78 is 37.5. The van der Waals surface area contributed by atoms with Crippen LogP contribution in [-0.2, 0) is 25.9 Å². The Labute approximate surface area is 237 Å². The van der Waals surface area contributed by atoms with Crippen molar-refractivity contribution in [1.29, 1.82) is 0 Å². The van der Waals surface area contributed by atoms with Crippen molar-refractivity contribution < 1.29 is 27.8 Å². The van der Waals surface area contributed by atoms with Gasteiger partial charge in [0.2, 0.25) is 5.90 Å². The predicted octanol–water partition coefficient (Wildman–Crippen LogP) is 4.45. The number of aliphatic hydroxyl groups is 1. The molecule has 0 fully saturated rings. The molecule has 1 atom stereocenters. The molecule has 0 saturated carbocycles. The molecule has 0 aromatic heterocycles. The van der Waals surface area contributed by atoms with Gasteiger partial charge in [0, 0.05) is 35.2 Å². The van der Waals surface area contributed by atoms with Crippen LogP contribution in [0, 0.1) is 0 Å². The van der Waals surface area contributed by atoms with Crippen LogP contribution < -0.4 is 10.1 Å². The molecule has 4 rings (SSSR count). The minimum absolute atomic E-state index is 0.0388. The van der Waals surface area contributed by atoms with Crippen LogP contribution >= 0.6 is 23.2 Å². The molecule has 0 unspecified atom stereocenters. The third-order valence-electron chi connectivity index (χ3n) is 6.20. The van der Waals surface area contributed by atoms with Gasteiger partial charge < -0.3 is 19.9 Å². The monoisotopic (exact) mass is 590 g/mol. The summed E-state index contributed by atoms with van der Waals surface area (Å²) in [7, 11) is -3.67. The first-order valence-corrected chi connectivity index (χ1v) is 14.7. The highest BCUT2D eigenvalue weighted by molar-refractivity contribution is 7.91. The second kappa shape index (κ2) is 12.8. The van der Waals surface area contributed by atoms with E-state index in [9.17, 15) is 13.2 Å². The van der Waals surface area contributed by atoms with Crippen molar-refractivity contribution in [2.75, 3.05) is 25.6 Å². The molecule has 1 aliphatic heterocycles. The van der Waals surface area contributed by atoms with Crippen LogP contribution in [0.5, 0.6) is 5.75 Å². The van der Waals surface area contributed by atoms with Crippen LogP contribution in [0.25, 0.3) is 0 Å². The number of sulfone groups is 1. The number of nitrogens with one attached hydrogen (secondary N) is 1. The number of carbonyl (C=O) groups is 1. The van der Waals surface area contributed by atoms with E-state index in [1.807, 2.05) is 0 Å². The minimum atomic E-state index is -3.67. The van der Waals surface area contributed by atoms with E-state index in [-0.39, 0.29) is 42.7 Å². The molecule has 8 nitrogen and oxygen atoms in total. The maximum Gasteiger partial charge on any atom is 0.251 e. The molecule has 0 bridgehead atoms. The summed E-state index contributed by atoms with van der Waals surface area (Å²) in [6.45, 7) is 0.398. The van der Waals surface area contributed by atoms with Gasteiger partial charge in [-0.2, -0.15) is 0 Å². The molecule has 0 spiro atoms. The Kier molecular flexibility index (Phi) is 9.50. The zero-order valence-corrected chi connectivity index (χ0v) is 23.3. The van der Waals surface area contributed by atoms with Gasteiger partial charge in [-0.15, -0.1) is 0 Å². The van der Waals surface area contributed by atoms with Gasteiger partial charge in [-0.25, -0.2) is 13.4 Å². The van der Waals surface area contributed by atoms with Crippen molar-refractivity contribution in [2.45, 2.75) is 29.8 Å². The van der Waals surface area contributed by atoms with Gasteiger partial charge in [0.05, 0.1) is 17.3 Å². The van der Waals surface area contributed by atoms with Crippen LogP contribution in [0.3, 0.4) is 0 Å². The molecule has 0 saturated heterocycles. The molecular formula is C28H28Cl2N2O6S. The lowest BCUT2D eigenvalue weighted by Gasteiger charge is -2.23. The first-order valence-electron chi connectivity index (χ1n) is 12.3. The number of aliphatic imine (C=N–C) groups is 1. The van der Waals surface area contributed by atoms with Crippen LogP contribution in [0.2, 0.25) is 10.0 Å². The number of nitrogens with zero attached hydrogens (tertiary/aromatic N) is 1. The van der Waals surface area contributed by atoms with Gasteiger partial charge in [0.1, 0.15) is 12.4 Å². The smallest absolute Gasteiger partial charge is 0.251 e. The van der Waals surface area contributed by atoms with Gasteiger partial charge in [-0.05, 0) is 60.5 Å². The Hall–Kier alpha value is -3.11. The summed E-state index contributed by atoms with van der Waals surface area (Å²) in [5.74, 6) is 0.0669. The summed E-state index contributed by atoms with van der Waals surface area (Å²) in [5, 5.41) is 12.6. The molecule has 3 aromatic rings. The van der Waals surface area contributed by atoms with E-state index >= 15 is 0 Å². The summed E-state index contributed by atoms with van der Waals surface area (Å²) in [6.07, 6.45) is 0.429. The molecule has 206 valence electrons. The number of halogens is 2. The van der Waals surface area contributed by atoms with E-state index in [0.29, 0.717) is 39.9 Å². The fourth-order valence-electron chi connectivity index (χ4n) is 3.95. The van der Waals surface area contributed by atoms with E-state index in [0.717, 1.165) is 0 Å². The highest BCUT2D eigenvalue weighted by atomic mass is 35.5.